The summed E-state index contributed by atoms with van der Waals surface area (Å²) in [6.45, 7) is 3.10. The van der Waals surface area contributed by atoms with Crippen LogP contribution in [0, 0.1) is 5.92 Å². The molecule has 0 saturated heterocycles. The lowest BCUT2D eigenvalue weighted by molar-refractivity contribution is 0.117. The molecule has 1 aromatic rings. The van der Waals surface area contributed by atoms with Crippen LogP contribution in [0.25, 0.3) is 0 Å². The number of aliphatic hydroxyl groups is 1. The number of para-hydroxylation sites is 1. The quantitative estimate of drug-likeness (QED) is 0.805. The van der Waals surface area contributed by atoms with E-state index in [1.54, 1.807) is 0 Å². The highest BCUT2D eigenvalue weighted by molar-refractivity contribution is 5.33. The van der Waals surface area contributed by atoms with Gasteiger partial charge >= 0.3 is 0 Å². The van der Waals surface area contributed by atoms with Gasteiger partial charge in [-0.25, -0.2) is 0 Å². The minimum absolute atomic E-state index is 0.0896. The maximum Gasteiger partial charge on any atom is 0.122 e. The van der Waals surface area contributed by atoms with Gasteiger partial charge in [-0.05, 0) is 50.3 Å². The standard InChI is InChI=1S/C17H27NO2/c1-3-14-7-4-5-9-16(14)20-12-10-15-8-6-11-17(15,13-19)18-2/h4-5,7,9,15,18-19H,3,6,8,10-13H2,1-2H3. The van der Waals surface area contributed by atoms with Crippen molar-refractivity contribution in [1.29, 1.82) is 0 Å². The number of hydrogen-bond donors (Lipinski definition) is 2. The molecule has 2 unspecified atom stereocenters. The Labute approximate surface area is 122 Å². The van der Waals surface area contributed by atoms with Gasteiger partial charge in [0.05, 0.1) is 13.2 Å². The first-order valence-electron chi connectivity index (χ1n) is 7.76. The van der Waals surface area contributed by atoms with Gasteiger partial charge in [0.15, 0.2) is 0 Å². The van der Waals surface area contributed by atoms with Gasteiger partial charge in [0, 0.05) is 5.54 Å². The summed E-state index contributed by atoms with van der Waals surface area (Å²) in [6.07, 6.45) is 5.43. The van der Waals surface area contributed by atoms with Crippen LogP contribution in [0.1, 0.15) is 38.2 Å². The van der Waals surface area contributed by atoms with Crippen molar-refractivity contribution in [3.05, 3.63) is 29.8 Å². The Hall–Kier alpha value is -1.06. The first-order valence-corrected chi connectivity index (χ1v) is 7.76. The number of rotatable bonds is 7. The molecule has 0 heterocycles. The topological polar surface area (TPSA) is 41.5 Å². The van der Waals surface area contributed by atoms with E-state index in [0.717, 1.165) is 31.6 Å². The van der Waals surface area contributed by atoms with E-state index in [0.29, 0.717) is 5.92 Å². The van der Waals surface area contributed by atoms with Gasteiger partial charge in [-0.15, -0.1) is 0 Å². The van der Waals surface area contributed by atoms with Crippen LogP contribution < -0.4 is 10.1 Å². The molecule has 2 atom stereocenters. The molecule has 1 fully saturated rings. The third kappa shape index (κ3) is 3.15. The molecule has 2 rings (SSSR count). The zero-order chi connectivity index (χ0) is 14.4. The van der Waals surface area contributed by atoms with Gasteiger partial charge < -0.3 is 15.2 Å². The van der Waals surface area contributed by atoms with Crippen molar-refractivity contribution in [3.8, 4) is 5.75 Å². The van der Waals surface area contributed by atoms with E-state index in [1.165, 1.54) is 18.4 Å². The Morgan fingerprint density at radius 1 is 1.40 bits per heavy atom. The molecule has 1 aliphatic carbocycles. The van der Waals surface area contributed by atoms with Crippen molar-refractivity contribution in [1.82, 2.24) is 5.32 Å². The highest BCUT2D eigenvalue weighted by Gasteiger charge is 2.40. The Morgan fingerprint density at radius 2 is 2.20 bits per heavy atom. The highest BCUT2D eigenvalue weighted by Crippen LogP contribution is 2.37. The molecule has 2 N–H and O–H groups in total. The summed E-state index contributed by atoms with van der Waals surface area (Å²) in [6, 6.07) is 8.25. The lowest BCUT2D eigenvalue weighted by Crippen LogP contribution is -2.49. The van der Waals surface area contributed by atoms with E-state index in [2.05, 4.69) is 24.4 Å². The molecule has 1 aliphatic rings. The number of nitrogens with one attached hydrogen (secondary N) is 1. The maximum absolute atomic E-state index is 9.68. The minimum Gasteiger partial charge on any atom is -0.493 e. The van der Waals surface area contributed by atoms with Crippen LogP contribution in [0.3, 0.4) is 0 Å². The molecule has 0 amide bonds. The maximum atomic E-state index is 9.68. The summed E-state index contributed by atoms with van der Waals surface area (Å²) >= 11 is 0. The van der Waals surface area contributed by atoms with E-state index < -0.39 is 0 Å². The number of benzene rings is 1. The molecule has 112 valence electrons. The molecule has 0 aliphatic heterocycles. The number of aryl methyl sites for hydroxylation is 1. The Kier molecular flexibility index (Phi) is 5.44. The SMILES string of the molecule is CCc1ccccc1OCCC1CCCC1(CO)NC. The Morgan fingerprint density at radius 3 is 2.90 bits per heavy atom. The normalized spacial score (nSPS) is 25.9. The van der Waals surface area contributed by atoms with E-state index in [4.69, 9.17) is 4.74 Å². The lowest BCUT2D eigenvalue weighted by atomic mass is 9.86. The second kappa shape index (κ2) is 7.09. The fourth-order valence-electron chi connectivity index (χ4n) is 3.43. The summed E-state index contributed by atoms with van der Waals surface area (Å²) in [7, 11) is 1.96. The van der Waals surface area contributed by atoms with Gasteiger partial charge in [-0.3, -0.25) is 0 Å². The third-order valence-corrected chi connectivity index (χ3v) is 4.81. The van der Waals surface area contributed by atoms with Crippen LogP contribution in [0.4, 0.5) is 0 Å². The summed E-state index contributed by atoms with van der Waals surface area (Å²) in [4.78, 5) is 0. The third-order valence-electron chi connectivity index (χ3n) is 4.81. The zero-order valence-electron chi connectivity index (χ0n) is 12.7. The predicted molar refractivity (Wildman–Crippen MR) is 82.1 cm³/mol. The van der Waals surface area contributed by atoms with Gasteiger partial charge in [0.2, 0.25) is 0 Å². The number of likely N-dealkylation sites (N-methyl/N-ethyl adjacent to an activating group) is 1. The fraction of sp³-hybridized carbons (Fsp3) is 0.647. The van der Waals surface area contributed by atoms with Crippen LogP contribution in [-0.2, 0) is 6.42 Å². The summed E-state index contributed by atoms with van der Waals surface area (Å²) in [5.74, 6) is 1.51. The van der Waals surface area contributed by atoms with Gasteiger partial charge in [-0.2, -0.15) is 0 Å². The average Bonchev–Trinajstić information content (AvgIpc) is 2.91. The van der Waals surface area contributed by atoms with Crippen LogP contribution in [0.5, 0.6) is 5.75 Å². The molecule has 1 aromatic carbocycles. The number of ether oxygens (including phenoxy) is 1. The second-order valence-corrected chi connectivity index (χ2v) is 5.75. The van der Waals surface area contributed by atoms with Gasteiger partial charge in [0.1, 0.15) is 5.75 Å². The van der Waals surface area contributed by atoms with Gasteiger partial charge in [0.25, 0.3) is 0 Å². The highest BCUT2D eigenvalue weighted by atomic mass is 16.5. The average molecular weight is 277 g/mol. The van der Waals surface area contributed by atoms with Crippen molar-refractivity contribution in [2.45, 2.75) is 44.6 Å². The van der Waals surface area contributed by atoms with E-state index in [9.17, 15) is 5.11 Å². The van der Waals surface area contributed by atoms with Crippen molar-refractivity contribution in [2.75, 3.05) is 20.3 Å². The summed E-state index contributed by atoms with van der Waals surface area (Å²) in [5, 5.41) is 13.0. The lowest BCUT2D eigenvalue weighted by Gasteiger charge is -2.33. The Bertz CT molecular complexity index is 415. The zero-order valence-corrected chi connectivity index (χ0v) is 12.7. The molecule has 20 heavy (non-hydrogen) atoms. The Balaban J connectivity index is 1.89. The molecule has 0 bridgehead atoms. The molecular weight excluding hydrogens is 250 g/mol. The van der Waals surface area contributed by atoms with E-state index in [1.807, 2.05) is 19.2 Å². The molecule has 0 radical (unpaired) electrons. The first-order chi connectivity index (χ1) is 9.75. The second-order valence-electron chi connectivity index (χ2n) is 5.75. The number of aliphatic hydroxyl groups excluding tert-OH is 1. The number of hydrogen-bond acceptors (Lipinski definition) is 3. The molecule has 0 aromatic heterocycles. The monoisotopic (exact) mass is 277 g/mol. The first kappa shape index (κ1) is 15.3. The van der Waals surface area contributed by atoms with Crippen molar-refractivity contribution in [2.24, 2.45) is 5.92 Å². The van der Waals surface area contributed by atoms with Crippen molar-refractivity contribution in [3.63, 3.8) is 0 Å². The molecule has 1 saturated carbocycles. The minimum atomic E-state index is -0.0896. The van der Waals surface area contributed by atoms with Crippen LogP contribution >= 0.6 is 0 Å². The van der Waals surface area contributed by atoms with Crippen LogP contribution in [0.15, 0.2) is 24.3 Å². The van der Waals surface area contributed by atoms with Crippen LogP contribution in [-0.4, -0.2) is 30.9 Å². The summed E-state index contributed by atoms with van der Waals surface area (Å²) < 4.78 is 5.96. The molecular formula is C17H27NO2. The van der Waals surface area contributed by atoms with E-state index >= 15 is 0 Å². The van der Waals surface area contributed by atoms with Gasteiger partial charge in [-0.1, -0.05) is 31.5 Å². The fourth-order valence-corrected chi connectivity index (χ4v) is 3.43. The molecule has 0 spiro atoms. The molecule has 3 nitrogen and oxygen atoms in total. The van der Waals surface area contributed by atoms with Crippen LogP contribution in [0.2, 0.25) is 0 Å². The predicted octanol–water partition coefficient (Wildman–Crippen LogP) is 2.77. The molecule has 3 heteroatoms. The smallest absolute Gasteiger partial charge is 0.122 e. The summed E-state index contributed by atoms with van der Waals surface area (Å²) in [5.41, 5.74) is 1.18. The van der Waals surface area contributed by atoms with Crippen molar-refractivity contribution >= 4 is 0 Å². The van der Waals surface area contributed by atoms with Crippen molar-refractivity contribution < 1.29 is 9.84 Å². The van der Waals surface area contributed by atoms with E-state index in [-0.39, 0.29) is 12.1 Å². The largest absolute Gasteiger partial charge is 0.493 e.